The van der Waals surface area contributed by atoms with Gasteiger partial charge in [-0.15, -0.1) is 0 Å². The zero-order valence-corrected chi connectivity index (χ0v) is 13.8. The molecule has 0 unspecified atom stereocenters. The molecule has 0 bridgehead atoms. The van der Waals surface area contributed by atoms with Crippen LogP contribution in [0.25, 0.3) is 0 Å². The van der Waals surface area contributed by atoms with Crippen LogP contribution >= 0.6 is 0 Å². The van der Waals surface area contributed by atoms with Gasteiger partial charge >= 0.3 is 5.69 Å². The normalized spacial score (nSPS) is 11.9. The molecule has 0 saturated heterocycles. The third-order valence-corrected chi connectivity index (χ3v) is 3.33. The molecule has 0 aromatic heterocycles. The predicted molar refractivity (Wildman–Crippen MR) is 93.1 cm³/mol. The minimum atomic E-state index is -1.40. The number of benzene rings is 2. The summed E-state index contributed by atoms with van der Waals surface area (Å²) in [5, 5.41) is 34.4. The summed E-state index contributed by atoms with van der Waals surface area (Å²) in [5.41, 5.74) is 2.23. The Bertz CT molecular complexity index is 823. The first-order valence-corrected chi connectivity index (χ1v) is 7.64. The van der Waals surface area contributed by atoms with Gasteiger partial charge in [0.25, 0.3) is 5.91 Å². The largest absolute Gasteiger partial charge is 0.500 e. The van der Waals surface area contributed by atoms with Crippen LogP contribution in [0.5, 0.6) is 11.5 Å². The maximum absolute atomic E-state index is 11.9. The number of aliphatic hydroxyl groups is 1. The van der Waals surface area contributed by atoms with Gasteiger partial charge in [-0.3, -0.25) is 14.9 Å². The van der Waals surface area contributed by atoms with Crippen molar-refractivity contribution in [3.8, 4) is 11.5 Å². The van der Waals surface area contributed by atoms with E-state index in [4.69, 9.17) is 4.74 Å². The summed E-state index contributed by atoms with van der Waals surface area (Å²) in [5.74, 6) is -1.41. The number of aliphatic hydroxyl groups excluding tert-OH is 1. The van der Waals surface area contributed by atoms with Gasteiger partial charge < -0.3 is 14.9 Å². The van der Waals surface area contributed by atoms with Gasteiger partial charge in [0.15, 0.2) is 11.9 Å². The zero-order valence-electron chi connectivity index (χ0n) is 13.8. The predicted octanol–water partition coefficient (Wildman–Crippen LogP) is 1.88. The van der Waals surface area contributed by atoms with Crippen LogP contribution in [-0.4, -0.2) is 33.9 Å². The number of aromatic hydroxyl groups is 1. The summed E-state index contributed by atoms with van der Waals surface area (Å²) >= 11 is 0. The van der Waals surface area contributed by atoms with E-state index in [1.807, 2.05) is 0 Å². The molecule has 0 saturated carbocycles. The number of nitro groups is 1. The first-order valence-electron chi connectivity index (χ1n) is 7.64. The fourth-order valence-electron chi connectivity index (χ4n) is 2.11. The molecule has 0 aliphatic heterocycles. The smallest absolute Gasteiger partial charge is 0.315 e. The van der Waals surface area contributed by atoms with Crippen LogP contribution in [0.15, 0.2) is 47.6 Å². The highest BCUT2D eigenvalue weighted by Crippen LogP contribution is 2.36. The van der Waals surface area contributed by atoms with Crippen LogP contribution in [0.4, 0.5) is 5.69 Å². The molecule has 0 radical (unpaired) electrons. The van der Waals surface area contributed by atoms with Crippen LogP contribution in [-0.2, 0) is 4.79 Å². The number of phenols is 1. The van der Waals surface area contributed by atoms with Crippen molar-refractivity contribution in [1.82, 2.24) is 5.43 Å². The van der Waals surface area contributed by atoms with Gasteiger partial charge in [-0.25, -0.2) is 5.43 Å². The monoisotopic (exact) mass is 359 g/mol. The molecule has 9 nitrogen and oxygen atoms in total. The van der Waals surface area contributed by atoms with E-state index in [2.05, 4.69) is 10.5 Å². The van der Waals surface area contributed by atoms with E-state index < -0.39 is 28.4 Å². The third-order valence-electron chi connectivity index (χ3n) is 3.33. The van der Waals surface area contributed by atoms with Crippen LogP contribution in [0.2, 0.25) is 0 Å². The number of hydrogen-bond donors (Lipinski definition) is 3. The van der Waals surface area contributed by atoms with Crippen LogP contribution < -0.4 is 10.2 Å². The van der Waals surface area contributed by atoms with E-state index in [1.54, 1.807) is 37.3 Å². The number of carbonyl (C=O) groups excluding carboxylic acids is 1. The molecule has 26 heavy (non-hydrogen) atoms. The average molecular weight is 359 g/mol. The maximum Gasteiger partial charge on any atom is 0.315 e. The standard InChI is InChI=1S/C17H17N3O6/c1-2-26-14-9-11(8-13(16(14)22)20(24)25)10-18-19-17(23)15(21)12-6-4-3-5-7-12/h3-10,15,21-22H,2H2,1H3,(H,19,23)/b18-10+/t15-/m0/s1. The van der Waals surface area contributed by atoms with E-state index >= 15 is 0 Å². The number of rotatable bonds is 7. The SMILES string of the molecule is CCOc1cc(/C=N/NC(=O)[C@@H](O)c2ccccc2)cc([N+](=O)[O-])c1O. The van der Waals surface area contributed by atoms with Crippen molar-refractivity contribution in [3.63, 3.8) is 0 Å². The number of ether oxygens (including phenoxy) is 1. The molecule has 0 aliphatic rings. The summed E-state index contributed by atoms with van der Waals surface area (Å²) in [4.78, 5) is 22.1. The Morgan fingerprint density at radius 1 is 1.38 bits per heavy atom. The first kappa shape index (κ1) is 18.9. The summed E-state index contributed by atoms with van der Waals surface area (Å²) in [7, 11) is 0. The van der Waals surface area contributed by atoms with Gasteiger partial charge in [0.05, 0.1) is 17.7 Å². The maximum atomic E-state index is 11.9. The highest BCUT2D eigenvalue weighted by Gasteiger charge is 2.20. The van der Waals surface area contributed by atoms with Gasteiger partial charge in [0, 0.05) is 11.6 Å². The van der Waals surface area contributed by atoms with Crippen LogP contribution in [0.3, 0.4) is 0 Å². The molecular formula is C17H17N3O6. The summed E-state index contributed by atoms with van der Waals surface area (Å²) in [6, 6.07) is 10.7. The van der Waals surface area contributed by atoms with Gasteiger partial charge in [-0.1, -0.05) is 30.3 Å². The second-order valence-electron chi connectivity index (χ2n) is 5.12. The van der Waals surface area contributed by atoms with Crippen molar-refractivity contribution in [1.29, 1.82) is 0 Å². The number of amides is 1. The van der Waals surface area contributed by atoms with Crippen molar-refractivity contribution in [2.45, 2.75) is 13.0 Å². The van der Waals surface area contributed by atoms with E-state index in [0.29, 0.717) is 5.56 Å². The topological polar surface area (TPSA) is 134 Å². The number of phenolic OH excluding ortho intramolecular Hbond substituents is 1. The molecule has 136 valence electrons. The zero-order chi connectivity index (χ0) is 19.1. The van der Waals surface area contributed by atoms with Crippen molar-refractivity contribution in [2.24, 2.45) is 5.10 Å². The van der Waals surface area contributed by atoms with Crippen LogP contribution in [0, 0.1) is 10.1 Å². The summed E-state index contributed by atoms with van der Waals surface area (Å²) < 4.78 is 5.15. The van der Waals surface area contributed by atoms with Crippen molar-refractivity contribution >= 4 is 17.8 Å². The highest BCUT2D eigenvalue weighted by atomic mass is 16.6. The molecule has 0 aliphatic carbocycles. The number of hydrogen-bond acceptors (Lipinski definition) is 7. The molecule has 1 amide bonds. The van der Waals surface area contributed by atoms with Crippen LogP contribution in [0.1, 0.15) is 24.2 Å². The minimum Gasteiger partial charge on any atom is -0.500 e. The lowest BCUT2D eigenvalue weighted by Gasteiger charge is -2.09. The number of nitrogens with one attached hydrogen (secondary N) is 1. The quantitative estimate of drug-likeness (QED) is 0.392. The van der Waals surface area contributed by atoms with Crippen molar-refractivity contribution < 1.29 is 24.7 Å². The molecule has 0 fully saturated rings. The number of hydrazone groups is 1. The molecule has 9 heteroatoms. The number of nitro benzene ring substituents is 1. The molecule has 2 aromatic rings. The third kappa shape index (κ3) is 4.54. The lowest BCUT2D eigenvalue weighted by atomic mass is 10.1. The molecule has 2 rings (SSSR count). The van der Waals surface area contributed by atoms with Gasteiger partial charge in [-0.05, 0) is 18.6 Å². The summed E-state index contributed by atoms with van der Waals surface area (Å²) in [6.45, 7) is 1.86. The Labute approximate surface area is 148 Å². The molecule has 3 N–H and O–H groups in total. The molecule has 1 atom stereocenters. The fraction of sp³-hybridized carbons (Fsp3) is 0.176. The second-order valence-corrected chi connectivity index (χ2v) is 5.12. The van der Waals surface area contributed by atoms with Gasteiger partial charge in [0.2, 0.25) is 5.75 Å². The Balaban J connectivity index is 2.14. The Hall–Kier alpha value is -3.46. The van der Waals surface area contributed by atoms with Gasteiger partial charge in [0.1, 0.15) is 0 Å². The Morgan fingerprint density at radius 3 is 2.69 bits per heavy atom. The molecule has 0 heterocycles. The second kappa shape index (κ2) is 8.58. The van der Waals surface area contributed by atoms with E-state index in [9.17, 15) is 25.1 Å². The number of carbonyl (C=O) groups is 1. The minimum absolute atomic E-state index is 0.0706. The lowest BCUT2D eigenvalue weighted by molar-refractivity contribution is -0.386. The number of nitrogens with zero attached hydrogens (tertiary/aromatic N) is 2. The molecule has 0 spiro atoms. The lowest BCUT2D eigenvalue weighted by Crippen LogP contribution is -2.25. The van der Waals surface area contributed by atoms with Crippen molar-refractivity contribution in [3.05, 3.63) is 63.7 Å². The van der Waals surface area contributed by atoms with Gasteiger partial charge in [-0.2, -0.15) is 5.10 Å². The van der Waals surface area contributed by atoms with E-state index in [0.717, 1.165) is 12.3 Å². The molecule has 2 aromatic carbocycles. The van der Waals surface area contributed by atoms with Crippen molar-refractivity contribution in [2.75, 3.05) is 6.61 Å². The average Bonchev–Trinajstić information content (AvgIpc) is 2.64. The molecular weight excluding hydrogens is 342 g/mol. The highest BCUT2D eigenvalue weighted by molar-refractivity contribution is 5.86. The Kier molecular flexibility index (Phi) is 6.23. The first-order chi connectivity index (χ1) is 12.4. The summed E-state index contributed by atoms with van der Waals surface area (Å²) in [6.07, 6.45) is -0.258. The van der Waals surface area contributed by atoms with E-state index in [-0.39, 0.29) is 17.9 Å². The Morgan fingerprint density at radius 2 is 2.08 bits per heavy atom. The fourth-order valence-corrected chi connectivity index (χ4v) is 2.11. The van der Waals surface area contributed by atoms with E-state index in [1.165, 1.54) is 6.07 Å².